The molecule has 0 atom stereocenters. The van der Waals surface area contributed by atoms with Crippen molar-refractivity contribution in [1.29, 1.82) is 0 Å². The minimum atomic E-state index is -0.833. The van der Waals surface area contributed by atoms with Crippen LogP contribution < -0.4 is 16.8 Å². The third-order valence-corrected chi connectivity index (χ3v) is 1.64. The number of rotatable bonds is 0. The van der Waals surface area contributed by atoms with Gasteiger partial charge in [0.15, 0.2) is 0 Å². The van der Waals surface area contributed by atoms with E-state index in [0.29, 0.717) is 11.1 Å². The van der Waals surface area contributed by atoms with E-state index in [9.17, 15) is 9.59 Å². The van der Waals surface area contributed by atoms with Gasteiger partial charge in [0.25, 0.3) is 11.8 Å². The topological polar surface area (TPSA) is 115 Å². The van der Waals surface area contributed by atoms with Gasteiger partial charge in [0.05, 0.1) is 11.1 Å². The van der Waals surface area contributed by atoms with Crippen LogP contribution in [0.25, 0.3) is 0 Å². The van der Waals surface area contributed by atoms with Crippen molar-refractivity contribution in [2.45, 2.75) is 0 Å². The third-order valence-electron chi connectivity index (χ3n) is 1.64. The Morgan fingerprint density at radius 1 is 1.00 bits per heavy atom. The van der Waals surface area contributed by atoms with Crippen molar-refractivity contribution in [3.63, 3.8) is 0 Å². The molecule has 0 saturated heterocycles. The number of primary amides is 2. The van der Waals surface area contributed by atoms with Crippen molar-refractivity contribution in [3.05, 3.63) is 35.4 Å². The van der Waals surface area contributed by atoms with Crippen LogP contribution in [0.2, 0.25) is 0 Å². The van der Waals surface area contributed by atoms with Crippen LogP contribution >= 0.6 is 0 Å². The molecule has 0 saturated carbocycles. The van der Waals surface area contributed by atoms with Crippen LogP contribution in [0.1, 0.15) is 20.7 Å². The van der Waals surface area contributed by atoms with Gasteiger partial charge in [-0.1, -0.05) is 12.1 Å². The van der Waals surface area contributed by atoms with E-state index in [1.807, 2.05) is 0 Å². The lowest BCUT2D eigenvalue weighted by molar-refractivity contribution is 0.0879. The number of fused-ring (bicyclic) bond motifs is 1. The van der Waals surface area contributed by atoms with E-state index in [4.69, 9.17) is 4.79 Å². The number of hydrogen-bond donors (Lipinski definition) is 3. The van der Waals surface area contributed by atoms with Crippen LogP contribution in [0.5, 0.6) is 0 Å². The summed E-state index contributed by atoms with van der Waals surface area (Å²) in [6.07, 6.45) is 0. The van der Waals surface area contributed by atoms with Crippen LogP contribution in [0.15, 0.2) is 24.3 Å². The third kappa shape index (κ3) is 2.53. The lowest BCUT2D eigenvalue weighted by Gasteiger charge is -1.88. The molecule has 1 heterocycles. The number of imide groups is 1. The van der Waals surface area contributed by atoms with Crippen molar-refractivity contribution >= 4 is 17.8 Å². The van der Waals surface area contributed by atoms with E-state index >= 15 is 0 Å². The van der Waals surface area contributed by atoms with Crippen LogP contribution in [0.3, 0.4) is 0 Å². The van der Waals surface area contributed by atoms with E-state index in [1.54, 1.807) is 24.3 Å². The maximum absolute atomic E-state index is 10.9. The van der Waals surface area contributed by atoms with Gasteiger partial charge in [-0.3, -0.25) is 14.9 Å². The Hall–Kier alpha value is -2.37. The van der Waals surface area contributed by atoms with E-state index < -0.39 is 6.03 Å². The Morgan fingerprint density at radius 2 is 1.33 bits per heavy atom. The fourth-order valence-corrected chi connectivity index (χ4v) is 1.12. The highest BCUT2D eigenvalue weighted by Crippen LogP contribution is 2.13. The highest BCUT2D eigenvalue weighted by atomic mass is 16.2. The average Bonchev–Trinajstić information content (AvgIpc) is 2.43. The van der Waals surface area contributed by atoms with Crippen molar-refractivity contribution in [3.8, 4) is 0 Å². The molecule has 0 aromatic heterocycles. The summed E-state index contributed by atoms with van der Waals surface area (Å²) >= 11 is 0. The SMILES string of the molecule is NC(N)=O.O=C1NC(=O)c2ccccc21. The lowest BCUT2D eigenvalue weighted by atomic mass is 10.1. The summed E-state index contributed by atoms with van der Waals surface area (Å²) in [5.41, 5.74) is 9.44. The van der Waals surface area contributed by atoms with Gasteiger partial charge >= 0.3 is 6.03 Å². The molecule has 0 unspecified atom stereocenters. The van der Waals surface area contributed by atoms with Gasteiger partial charge in [0, 0.05) is 0 Å². The molecule has 6 nitrogen and oxygen atoms in total. The Balaban J connectivity index is 0.000000245. The molecule has 1 aliphatic rings. The second kappa shape index (κ2) is 4.23. The molecule has 4 amide bonds. The summed E-state index contributed by atoms with van der Waals surface area (Å²) in [5.74, 6) is -0.601. The van der Waals surface area contributed by atoms with Crippen LogP contribution in [0.4, 0.5) is 4.79 Å². The first kappa shape index (κ1) is 10.7. The zero-order valence-corrected chi connectivity index (χ0v) is 7.69. The van der Waals surface area contributed by atoms with Gasteiger partial charge in [-0.15, -0.1) is 0 Å². The fourth-order valence-electron chi connectivity index (χ4n) is 1.12. The van der Waals surface area contributed by atoms with Crippen molar-refractivity contribution in [2.24, 2.45) is 11.5 Å². The van der Waals surface area contributed by atoms with Crippen LogP contribution in [0, 0.1) is 0 Å². The zero-order valence-electron chi connectivity index (χ0n) is 7.69. The summed E-state index contributed by atoms with van der Waals surface area (Å²) < 4.78 is 0. The fraction of sp³-hybridized carbons (Fsp3) is 0. The predicted molar refractivity (Wildman–Crippen MR) is 52.0 cm³/mol. The Labute approximate surface area is 85.2 Å². The molecular formula is C9H9N3O3. The second-order valence-electron chi connectivity index (χ2n) is 2.73. The van der Waals surface area contributed by atoms with Crippen molar-refractivity contribution in [1.82, 2.24) is 5.32 Å². The number of carbonyl (C=O) groups is 3. The van der Waals surface area contributed by atoms with Crippen molar-refractivity contribution in [2.75, 3.05) is 0 Å². The quantitative estimate of drug-likeness (QED) is 0.502. The van der Waals surface area contributed by atoms with Gasteiger partial charge in [0.1, 0.15) is 0 Å². The molecule has 2 rings (SSSR count). The van der Waals surface area contributed by atoms with Crippen LogP contribution in [-0.2, 0) is 0 Å². The smallest absolute Gasteiger partial charge is 0.309 e. The molecule has 78 valence electrons. The number of hydrogen-bond acceptors (Lipinski definition) is 3. The highest BCUT2D eigenvalue weighted by molar-refractivity contribution is 6.21. The molecule has 0 bridgehead atoms. The Kier molecular flexibility index (Phi) is 3.02. The zero-order chi connectivity index (χ0) is 11.4. The first-order valence-corrected chi connectivity index (χ1v) is 4.02. The molecule has 0 radical (unpaired) electrons. The summed E-state index contributed by atoms with van der Waals surface area (Å²) in [6.45, 7) is 0. The molecule has 0 fully saturated rings. The minimum Gasteiger partial charge on any atom is -0.352 e. The molecule has 15 heavy (non-hydrogen) atoms. The van der Waals surface area contributed by atoms with E-state index in [0.717, 1.165) is 0 Å². The number of amides is 4. The molecule has 1 aromatic rings. The van der Waals surface area contributed by atoms with E-state index in [-0.39, 0.29) is 11.8 Å². The second-order valence-corrected chi connectivity index (χ2v) is 2.73. The maximum atomic E-state index is 10.9. The summed E-state index contributed by atoms with van der Waals surface area (Å²) in [4.78, 5) is 30.9. The number of nitrogens with two attached hydrogens (primary N) is 2. The Morgan fingerprint density at radius 3 is 1.67 bits per heavy atom. The van der Waals surface area contributed by atoms with E-state index in [1.165, 1.54) is 0 Å². The number of nitrogens with one attached hydrogen (secondary N) is 1. The largest absolute Gasteiger partial charge is 0.352 e. The van der Waals surface area contributed by atoms with E-state index in [2.05, 4.69) is 16.8 Å². The molecule has 6 heteroatoms. The maximum Gasteiger partial charge on any atom is 0.309 e. The molecule has 5 N–H and O–H groups in total. The van der Waals surface area contributed by atoms with Crippen LogP contribution in [-0.4, -0.2) is 17.8 Å². The van der Waals surface area contributed by atoms with Gasteiger partial charge < -0.3 is 11.5 Å². The van der Waals surface area contributed by atoms with Gasteiger partial charge in [-0.05, 0) is 12.1 Å². The number of benzene rings is 1. The molecule has 1 aromatic carbocycles. The van der Waals surface area contributed by atoms with Crippen molar-refractivity contribution < 1.29 is 14.4 Å². The van der Waals surface area contributed by atoms with Gasteiger partial charge in [-0.2, -0.15) is 0 Å². The lowest BCUT2D eigenvalue weighted by Crippen LogP contribution is -2.19. The predicted octanol–water partition coefficient (Wildman–Crippen LogP) is -0.406. The molecular weight excluding hydrogens is 198 g/mol. The van der Waals surface area contributed by atoms with Gasteiger partial charge in [-0.25, -0.2) is 4.79 Å². The molecule has 0 spiro atoms. The summed E-state index contributed by atoms with van der Waals surface area (Å²) in [5, 5.41) is 2.20. The highest BCUT2D eigenvalue weighted by Gasteiger charge is 2.25. The Bertz CT molecular complexity index is 391. The number of carbonyl (C=O) groups excluding carboxylic acids is 3. The first-order chi connectivity index (χ1) is 7.02. The summed E-state index contributed by atoms with van der Waals surface area (Å²) in [7, 11) is 0. The summed E-state index contributed by atoms with van der Waals surface area (Å²) in [6, 6.07) is 5.90. The van der Waals surface area contributed by atoms with Gasteiger partial charge in [0.2, 0.25) is 0 Å². The monoisotopic (exact) mass is 207 g/mol. The standard InChI is InChI=1S/C8H5NO2.CH4N2O/c10-7-5-3-1-2-4-6(5)8(11)9-7;2-1(3)4/h1-4H,(H,9,10,11);(H4,2,3,4). The normalized spacial score (nSPS) is 12.3. The molecule has 1 aliphatic heterocycles. The molecule has 0 aliphatic carbocycles. The minimum absolute atomic E-state index is 0.300. The number of urea groups is 1. The first-order valence-electron chi connectivity index (χ1n) is 4.02. The average molecular weight is 207 g/mol.